The van der Waals surface area contributed by atoms with Gasteiger partial charge in [0.2, 0.25) is 0 Å². The third-order valence-electron chi connectivity index (χ3n) is 2.41. The summed E-state index contributed by atoms with van der Waals surface area (Å²) in [5, 5.41) is 8.98. The van der Waals surface area contributed by atoms with Crippen LogP contribution in [-0.2, 0) is 9.53 Å². The van der Waals surface area contributed by atoms with Gasteiger partial charge in [-0.15, -0.1) is 0 Å². The molecular formula is C15H17NO4. The molecular weight excluding hydrogens is 258 g/mol. The van der Waals surface area contributed by atoms with Gasteiger partial charge in [0, 0.05) is 0 Å². The fraction of sp³-hybridized carbons (Fsp3) is 0.333. The minimum absolute atomic E-state index is 0.0561. The van der Waals surface area contributed by atoms with Crippen LogP contribution in [0.5, 0.6) is 11.5 Å². The zero-order chi connectivity index (χ0) is 15.0. The van der Waals surface area contributed by atoms with Crippen LogP contribution in [0.15, 0.2) is 23.8 Å². The van der Waals surface area contributed by atoms with Crippen LogP contribution in [0.25, 0.3) is 6.08 Å². The molecule has 0 unspecified atom stereocenters. The van der Waals surface area contributed by atoms with E-state index < -0.39 is 5.97 Å². The van der Waals surface area contributed by atoms with Gasteiger partial charge in [-0.3, -0.25) is 0 Å². The number of carbonyl (C=O) groups is 1. The summed E-state index contributed by atoms with van der Waals surface area (Å²) < 4.78 is 15.4. The molecule has 0 radical (unpaired) electrons. The van der Waals surface area contributed by atoms with Crippen LogP contribution in [0.1, 0.15) is 19.4 Å². The Bertz CT molecular complexity index is 543. The number of benzene rings is 1. The van der Waals surface area contributed by atoms with Crippen molar-refractivity contribution in [3.8, 4) is 17.6 Å². The molecule has 0 aromatic heterocycles. The smallest absolute Gasteiger partial charge is 0.348 e. The fourth-order valence-corrected chi connectivity index (χ4v) is 1.56. The summed E-state index contributed by atoms with van der Waals surface area (Å²) in [7, 11) is 1.55. The molecule has 0 aliphatic carbocycles. The summed E-state index contributed by atoms with van der Waals surface area (Å²) in [6.07, 6.45) is 1.46. The first-order chi connectivity index (χ1) is 9.65. The second-order valence-electron chi connectivity index (χ2n) is 3.73. The van der Waals surface area contributed by atoms with Crippen LogP contribution in [0.3, 0.4) is 0 Å². The first kappa shape index (κ1) is 15.6. The summed E-state index contributed by atoms with van der Waals surface area (Å²) in [6, 6.07) is 6.99. The number of hydrogen-bond donors (Lipinski definition) is 0. The summed E-state index contributed by atoms with van der Waals surface area (Å²) in [5.74, 6) is 0.521. The molecule has 1 aromatic carbocycles. The minimum atomic E-state index is -0.635. The molecule has 0 saturated carbocycles. The van der Waals surface area contributed by atoms with Crippen molar-refractivity contribution in [2.75, 3.05) is 20.3 Å². The number of hydrogen-bond acceptors (Lipinski definition) is 5. The summed E-state index contributed by atoms with van der Waals surface area (Å²) >= 11 is 0. The number of nitriles is 1. The lowest BCUT2D eigenvalue weighted by molar-refractivity contribution is -0.137. The molecule has 0 amide bonds. The standard InChI is InChI=1S/C15H17NO4/c1-4-19-14-9-11(6-7-13(14)18-3)8-12(10-16)15(17)20-5-2/h6-9H,4-5H2,1-3H3/b12-8+. The van der Waals surface area contributed by atoms with Gasteiger partial charge in [0.25, 0.3) is 0 Å². The highest BCUT2D eigenvalue weighted by molar-refractivity contribution is 5.97. The average Bonchev–Trinajstić information content (AvgIpc) is 2.45. The van der Waals surface area contributed by atoms with Gasteiger partial charge in [0.05, 0.1) is 20.3 Å². The van der Waals surface area contributed by atoms with Gasteiger partial charge in [0.1, 0.15) is 11.6 Å². The number of carbonyl (C=O) groups excluding carboxylic acids is 1. The number of methoxy groups -OCH3 is 1. The average molecular weight is 275 g/mol. The van der Waals surface area contributed by atoms with Crippen molar-refractivity contribution in [2.45, 2.75) is 13.8 Å². The number of ether oxygens (including phenoxy) is 3. The van der Waals surface area contributed by atoms with Gasteiger partial charge in [-0.25, -0.2) is 4.79 Å². The third kappa shape index (κ3) is 4.02. The van der Waals surface area contributed by atoms with Gasteiger partial charge in [-0.05, 0) is 37.6 Å². The van der Waals surface area contributed by atoms with Crippen LogP contribution in [0.4, 0.5) is 0 Å². The van der Waals surface area contributed by atoms with E-state index in [2.05, 4.69) is 0 Å². The molecule has 0 aliphatic heterocycles. The van der Waals surface area contributed by atoms with E-state index in [1.54, 1.807) is 32.2 Å². The molecule has 5 nitrogen and oxygen atoms in total. The maximum atomic E-state index is 11.5. The van der Waals surface area contributed by atoms with E-state index in [1.807, 2.05) is 13.0 Å². The number of esters is 1. The van der Waals surface area contributed by atoms with Gasteiger partial charge >= 0.3 is 5.97 Å². The van der Waals surface area contributed by atoms with Crippen LogP contribution >= 0.6 is 0 Å². The summed E-state index contributed by atoms with van der Waals surface area (Å²) in [6.45, 7) is 4.27. The normalized spacial score (nSPS) is 10.6. The molecule has 0 spiro atoms. The molecule has 0 aliphatic rings. The Kier molecular flexibility index (Phi) is 6.11. The highest BCUT2D eigenvalue weighted by Crippen LogP contribution is 2.28. The quantitative estimate of drug-likeness (QED) is 0.453. The van der Waals surface area contributed by atoms with E-state index >= 15 is 0 Å². The SMILES string of the molecule is CCOC(=O)/C(C#N)=C/c1ccc(OC)c(OCC)c1. The van der Waals surface area contributed by atoms with Crippen molar-refractivity contribution in [3.63, 3.8) is 0 Å². The lowest BCUT2D eigenvalue weighted by Crippen LogP contribution is -2.06. The first-order valence-corrected chi connectivity index (χ1v) is 6.26. The van der Waals surface area contributed by atoms with Gasteiger partial charge in [-0.1, -0.05) is 6.07 Å². The molecule has 5 heteroatoms. The maximum Gasteiger partial charge on any atom is 0.348 e. The lowest BCUT2D eigenvalue weighted by atomic mass is 10.1. The van der Waals surface area contributed by atoms with Crippen molar-refractivity contribution in [1.82, 2.24) is 0 Å². The number of nitrogens with zero attached hydrogens (tertiary/aromatic N) is 1. The van der Waals surface area contributed by atoms with E-state index in [4.69, 9.17) is 19.5 Å². The predicted molar refractivity (Wildman–Crippen MR) is 74.4 cm³/mol. The molecule has 0 N–H and O–H groups in total. The molecule has 106 valence electrons. The second kappa shape index (κ2) is 7.85. The zero-order valence-corrected chi connectivity index (χ0v) is 11.8. The highest BCUT2D eigenvalue weighted by atomic mass is 16.5. The lowest BCUT2D eigenvalue weighted by Gasteiger charge is -2.09. The van der Waals surface area contributed by atoms with Crippen molar-refractivity contribution in [2.24, 2.45) is 0 Å². The molecule has 20 heavy (non-hydrogen) atoms. The molecule has 0 heterocycles. The Morgan fingerprint density at radius 1 is 1.30 bits per heavy atom. The van der Waals surface area contributed by atoms with Gasteiger partial charge in [0.15, 0.2) is 11.5 Å². The van der Waals surface area contributed by atoms with E-state index in [-0.39, 0.29) is 12.2 Å². The summed E-state index contributed by atoms with van der Waals surface area (Å²) in [4.78, 5) is 11.5. The zero-order valence-electron chi connectivity index (χ0n) is 11.8. The van der Waals surface area contributed by atoms with Crippen LogP contribution in [0.2, 0.25) is 0 Å². The molecule has 0 fully saturated rings. The van der Waals surface area contributed by atoms with Gasteiger partial charge in [-0.2, -0.15) is 5.26 Å². The van der Waals surface area contributed by atoms with Crippen molar-refractivity contribution in [1.29, 1.82) is 5.26 Å². The molecule has 1 aromatic rings. The maximum absolute atomic E-state index is 11.5. The van der Waals surface area contributed by atoms with E-state index in [1.165, 1.54) is 6.08 Å². The largest absolute Gasteiger partial charge is 0.493 e. The fourth-order valence-electron chi connectivity index (χ4n) is 1.56. The van der Waals surface area contributed by atoms with E-state index in [0.29, 0.717) is 23.7 Å². The first-order valence-electron chi connectivity index (χ1n) is 6.26. The third-order valence-corrected chi connectivity index (χ3v) is 2.41. The number of rotatable bonds is 6. The minimum Gasteiger partial charge on any atom is -0.493 e. The van der Waals surface area contributed by atoms with E-state index in [0.717, 1.165) is 0 Å². The Morgan fingerprint density at radius 3 is 2.60 bits per heavy atom. The summed E-state index contributed by atoms with van der Waals surface area (Å²) in [5.41, 5.74) is 0.610. The molecule has 0 bridgehead atoms. The molecule has 1 rings (SSSR count). The molecule has 0 saturated heterocycles. The Balaban J connectivity index is 3.10. The topological polar surface area (TPSA) is 68.6 Å². The Hall–Kier alpha value is -2.48. The van der Waals surface area contributed by atoms with Crippen molar-refractivity contribution >= 4 is 12.0 Å². The van der Waals surface area contributed by atoms with E-state index in [9.17, 15) is 4.79 Å². The van der Waals surface area contributed by atoms with Gasteiger partial charge < -0.3 is 14.2 Å². The highest BCUT2D eigenvalue weighted by Gasteiger charge is 2.11. The second-order valence-corrected chi connectivity index (χ2v) is 3.73. The van der Waals surface area contributed by atoms with Crippen LogP contribution in [0, 0.1) is 11.3 Å². The predicted octanol–water partition coefficient (Wildman–Crippen LogP) is 2.56. The Morgan fingerprint density at radius 2 is 2.05 bits per heavy atom. The monoisotopic (exact) mass is 275 g/mol. The van der Waals surface area contributed by atoms with Crippen LogP contribution in [-0.4, -0.2) is 26.3 Å². The van der Waals surface area contributed by atoms with Crippen molar-refractivity contribution < 1.29 is 19.0 Å². The van der Waals surface area contributed by atoms with Crippen LogP contribution < -0.4 is 9.47 Å². The Labute approximate surface area is 118 Å². The van der Waals surface area contributed by atoms with Crippen molar-refractivity contribution in [3.05, 3.63) is 29.3 Å². The molecule has 0 atom stereocenters.